The summed E-state index contributed by atoms with van der Waals surface area (Å²) in [6, 6.07) is 0.427. The van der Waals surface area contributed by atoms with Gasteiger partial charge in [0.25, 0.3) is 0 Å². The smallest absolute Gasteiger partial charge is 0.176 e. The second-order valence-electron chi connectivity index (χ2n) is 4.25. The Bertz CT molecular complexity index is 295. The highest BCUT2D eigenvalue weighted by atomic mass is 15.6. The van der Waals surface area contributed by atoms with Gasteiger partial charge in [0, 0.05) is 12.5 Å². The molecule has 1 heterocycles. The van der Waals surface area contributed by atoms with Gasteiger partial charge in [-0.1, -0.05) is 6.92 Å². The fraction of sp³-hybridized carbons (Fsp3) is 0.900. The molecule has 0 aliphatic heterocycles. The van der Waals surface area contributed by atoms with Crippen LogP contribution in [-0.2, 0) is 13.5 Å². The lowest BCUT2D eigenvalue weighted by atomic mass is 10.1. The number of aromatic nitrogens is 4. The van der Waals surface area contributed by atoms with Crippen LogP contribution in [0.1, 0.15) is 19.2 Å². The maximum atomic E-state index is 4.20. The molecule has 1 N–H and O–H groups in total. The number of hydrogen-bond donors (Lipinski definition) is 1. The summed E-state index contributed by atoms with van der Waals surface area (Å²) in [4.78, 5) is 3.69. The van der Waals surface area contributed by atoms with Crippen molar-refractivity contribution in [2.45, 2.75) is 25.8 Å². The topological polar surface area (TPSA) is 58.9 Å². The average molecular weight is 226 g/mol. The zero-order chi connectivity index (χ0) is 12.0. The molecule has 0 saturated heterocycles. The van der Waals surface area contributed by atoms with Crippen molar-refractivity contribution in [3.8, 4) is 0 Å². The molecule has 0 saturated carbocycles. The summed E-state index contributed by atoms with van der Waals surface area (Å²) >= 11 is 0. The zero-order valence-corrected chi connectivity index (χ0v) is 10.6. The van der Waals surface area contributed by atoms with E-state index in [1.54, 1.807) is 7.05 Å². The Morgan fingerprint density at radius 1 is 1.44 bits per heavy atom. The molecule has 0 radical (unpaired) electrons. The first kappa shape index (κ1) is 13.1. The van der Waals surface area contributed by atoms with E-state index in [4.69, 9.17) is 0 Å². The van der Waals surface area contributed by atoms with Gasteiger partial charge in [-0.05, 0) is 38.8 Å². The number of likely N-dealkylation sites (N-methyl/N-ethyl adjacent to an activating group) is 1. The summed E-state index contributed by atoms with van der Waals surface area (Å²) in [5.74, 6) is 0.812. The van der Waals surface area contributed by atoms with E-state index in [0.29, 0.717) is 6.04 Å². The predicted octanol–water partition coefficient (Wildman–Crippen LogP) is -0.318. The SMILES string of the molecule is CCNC(CCN(C)C)Cc1nnn(C)n1. The fourth-order valence-corrected chi connectivity index (χ4v) is 1.60. The molecule has 0 aromatic carbocycles. The highest BCUT2D eigenvalue weighted by molar-refractivity contribution is 4.84. The van der Waals surface area contributed by atoms with Gasteiger partial charge in [-0.2, -0.15) is 4.80 Å². The maximum absolute atomic E-state index is 4.20. The Balaban J connectivity index is 2.43. The van der Waals surface area contributed by atoms with Crippen molar-refractivity contribution in [3.63, 3.8) is 0 Å². The Hall–Kier alpha value is -1.01. The molecule has 1 rings (SSSR count). The van der Waals surface area contributed by atoms with E-state index in [0.717, 1.165) is 31.8 Å². The molecule has 1 unspecified atom stereocenters. The van der Waals surface area contributed by atoms with Crippen LogP contribution in [0.25, 0.3) is 0 Å². The number of nitrogens with zero attached hydrogens (tertiary/aromatic N) is 5. The van der Waals surface area contributed by atoms with Crippen molar-refractivity contribution >= 4 is 0 Å². The zero-order valence-electron chi connectivity index (χ0n) is 10.6. The van der Waals surface area contributed by atoms with Gasteiger partial charge < -0.3 is 10.2 Å². The molecule has 0 bridgehead atoms. The molecule has 16 heavy (non-hydrogen) atoms. The molecule has 6 heteroatoms. The van der Waals surface area contributed by atoms with E-state index in [-0.39, 0.29) is 0 Å². The van der Waals surface area contributed by atoms with Gasteiger partial charge >= 0.3 is 0 Å². The Morgan fingerprint density at radius 2 is 2.19 bits per heavy atom. The molecule has 0 aliphatic carbocycles. The monoisotopic (exact) mass is 226 g/mol. The maximum Gasteiger partial charge on any atom is 0.176 e. The minimum absolute atomic E-state index is 0.427. The molecular formula is C10H22N6. The van der Waals surface area contributed by atoms with Gasteiger partial charge in [-0.3, -0.25) is 0 Å². The van der Waals surface area contributed by atoms with E-state index in [1.165, 1.54) is 4.80 Å². The van der Waals surface area contributed by atoms with Crippen LogP contribution in [0.2, 0.25) is 0 Å². The normalized spacial score (nSPS) is 13.3. The summed E-state index contributed by atoms with van der Waals surface area (Å²) in [6.45, 7) is 4.16. The van der Waals surface area contributed by atoms with Crippen molar-refractivity contribution in [2.24, 2.45) is 7.05 Å². The highest BCUT2D eigenvalue weighted by Crippen LogP contribution is 2.00. The van der Waals surface area contributed by atoms with Gasteiger partial charge in [-0.15, -0.1) is 10.2 Å². The van der Waals surface area contributed by atoms with Gasteiger partial charge in [0.05, 0.1) is 7.05 Å². The third-order valence-electron chi connectivity index (χ3n) is 2.40. The predicted molar refractivity (Wildman–Crippen MR) is 63.1 cm³/mol. The molecule has 0 amide bonds. The lowest BCUT2D eigenvalue weighted by Crippen LogP contribution is -2.34. The Morgan fingerprint density at radius 3 is 2.69 bits per heavy atom. The van der Waals surface area contributed by atoms with Crippen molar-refractivity contribution in [3.05, 3.63) is 5.82 Å². The number of hydrogen-bond acceptors (Lipinski definition) is 5. The van der Waals surface area contributed by atoms with E-state index in [2.05, 4.69) is 46.6 Å². The fourth-order valence-electron chi connectivity index (χ4n) is 1.60. The van der Waals surface area contributed by atoms with Crippen LogP contribution in [0, 0.1) is 0 Å². The van der Waals surface area contributed by atoms with Crippen molar-refractivity contribution in [1.29, 1.82) is 0 Å². The second kappa shape index (κ2) is 6.55. The van der Waals surface area contributed by atoms with Crippen molar-refractivity contribution < 1.29 is 0 Å². The molecular weight excluding hydrogens is 204 g/mol. The van der Waals surface area contributed by atoms with Crippen molar-refractivity contribution in [2.75, 3.05) is 27.2 Å². The molecule has 1 aromatic heterocycles. The van der Waals surface area contributed by atoms with Crippen molar-refractivity contribution in [1.82, 2.24) is 30.4 Å². The largest absolute Gasteiger partial charge is 0.314 e. The quantitative estimate of drug-likeness (QED) is 0.690. The first-order valence-electron chi connectivity index (χ1n) is 5.72. The summed E-state index contributed by atoms with van der Waals surface area (Å²) in [7, 11) is 5.96. The number of tetrazole rings is 1. The minimum atomic E-state index is 0.427. The summed E-state index contributed by atoms with van der Waals surface area (Å²) in [6.07, 6.45) is 1.94. The van der Waals surface area contributed by atoms with Crippen LogP contribution >= 0.6 is 0 Å². The highest BCUT2D eigenvalue weighted by Gasteiger charge is 2.12. The lowest BCUT2D eigenvalue weighted by Gasteiger charge is -2.18. The Labute approximate surface area is 97.0 Å². The summed E-state index contributed by atoms with van der Waals surface area (Å²) in [5, 5.41) is 15.5. The van der Waals surface area contributed by atoms with Crippen LogP contribution in [-0.4, -0.2) is 58.3 Å². The van der Waals surface area contributed by atoms with E-state index in [1.807, 2.05) is 0 Å². The number of rotatable bonds is 7. The third-order valence-corrected chi connectivity index (χ3v) is 2.40. The number of aryl methyl sites for hydroxylation is 1. The van der Waals surface area contributed by atoms with Gasteiger partial charge in [-0.25, -0.2) is 0 Å². The molecule has 0 aliphatic rings. The lowest BCUT2D eigenvalue weighted by molar-refractivity contribution is 0.356. The van der Waals surface area contributed by atoms with E-state index < -0.39 is 0 Å². The van der Waals surface area contributed by atoms with E-state index in [9.17, 15) is 0 Å². The summed E-state index contributed by atoms with van der Waals surface area (Å²) < 4.78 is 0. The molecule has 1 atom stereocenters. The molecule has 0 fully saturated rings. The van der Waals surface area contributed by atoms with Crippen LogP contribution < -0.4 is 5.32 Å². The van der Waals surface area contributed by atoms with Crippen LogP contribution in [0.5, 0.6) is 0 Å². The molecule has 0 spiro atoms. The minimum Gasteiger partial charge on any atom is -0.314 e. The molecule has 6 nitrogen and oxygen atoms in total. The Kier molecular flexibility index (Phi) is 5.34. The van der Waals surface area contributed by atoms with Gasteiger partial charge in [0.1, 0.15) is 0 Å². The van der Waals surface area contributed by atoms with Crippen LogP contribution in [0.3, 0.4) is 0 Å². The number of nitrogens with one attached hydrogen (secondary N) is 1. The second-order valence-corrected chi connectivity index (χ2v) is 4.25. The standard InChI is InChI=1S/C10H22N6/c1-5-11-9(6-7-15(2)3)8-10-12-14-16(4)13-10/h9,11H,5-8H2,1-4H3. The molecule has 92 valence electrons. The third kappa shape index (κ3) is 4.67. The van der Waals surface area contributed by atoms with E-state index >= 15 is 0 Å². The van der Waals surface area contributed by atoms with Gasteiger partial charge in [0.2, 0.25) is 0 Å². The first-order chi connectivity index (χ1) is 7.61. The van der Waals surface area contributed by atoms with Gasteiger partial charge in [0.15, 0.2) is 5.82 Å². The summed E-state index contributed by atoms with van der Waals surface area (Å²) in [5.41, 5.74) is 0. The van der Waals surface area contributed by atoms with Crippen LogP contribution in [0.4, 0.5) is 0 Å². The average Bonchev–Trinajstić information content (AvgIpc) is 2.61. The van der Waals surface area contributed by atoms with Crippen LogP contribution in [0.15, 0.2) is 0 Å². The first-order valence-corrected chi connectivity index (χ1v) is 5.72. The molecule has 1 aromatic rings.